The first-order valence-corrected chi connectivity index (χ1v) is 8.00. The van der Waals surface area contributed by atoms with E-state index in [1.807, 2.05) is 0 Å². The van der Waals surface area contributed by atoms with Crippen LogP contribution in [0.3, 0.4) is 0 Å². The van der Waals surface area contributed by atoms with Crippen molar-refractivity contribution in [3.8, 4) is 0 Å². The molecule has 3 aliphatic rings. The van der Waals surface area contributed by atoms with Crippen molar-refractivity contribution < 1.29 is 9.90 Å². The van der Waals surface area contributed by atoms with E-state index in [0.717, 1.165) is 25.8 Å². The third-order valence-corrected chi connectivity index (χ3v) is 5.55. The molecule has 4 N–H and O–H groups in total. The lowest BCUT2D eigenvalue weighted by atomic mass is 9.73. The normalized spacial score (nSPS) is 33.1. The molecule has 22 heavy (non-hydrogen) atoms. The Morgan fingerprint density at radius 3 is 3.00 bits per heavy atom. The van der Waals surface area contributed by atoms with Gasteiger partial charge in [0.25, 0.3) is 0 Å². The van der Waals surface area contributed by atoms with Crippen molar-refractivity contribution in [3.63, 3.8) is 0 Å². The van der Waals surface area contributed by atoms with Crippen molar-refractivity contribution in [2.45, 2.75) is 49.3 Å². The highest BCUT2D eigenvalue weighted by atomic mass is 16.3. The van der Waals surface area contributed by atoms with Crippen molar-refractivity contribution in [3.05, 3.63) is 11.9 Å². The molecule has 1 spiro atoms. The zero-order valence-electron chi connectivity index (χ0n) is 12.5. The van der Waals surface area contributed by atoms with Crippen LogP contribution in [0.15, 0.2) is 6.20 Å². The average molecular weight is 306 g/mol. The van der Waals surface area contributed by atoms with E-state index in [9.17, 15) is 9.90 Å². The standard InChI is InChI=1S/C14H22N6O2/c21-12(17-10-2-6-15-13(10)3-1-4-13)20-7-5-14(22,9-20)11-8-16-19-18-11/h8,10,15,22H,1-7,9H2,(H,17,21)(H,16,18,19). The van der Waals surface area contributed by atoms with Gasteiger partial charge >= 0.3 is 6.03 Å². The maximum atomic E-state index is 12.5. The Labute approximate surface area is 128 Å². The molecule has 8 nitrogen and oxygen atoms in total. The molecule has 8 heteroatoms. The van der Waals surface area contributed by atoms with Crippen LogP contribution in [0.1, 0.15) is 37.8 Å². The van der Waals surface area contributed by atoms with Crippen molar-refractivity contribution >= 4 is 6.03 Å². The molecule has 0 aromatic carbocycles. The van der Waals surface area contributed by atoms with Crippen LogP contribution in [0.25, 0.3) is 0 Å². The van der Waals surface area contributed by atoms with Gasteiger partial charge in [-0.05, 0) is 32.2 Å². The highest BCUT2D eigenvalue weighted by Gasteiger charge is 2.49. The molecule has 1 aromatic rings. The molecule has 2 atom stereocenters. The maximum Gasteiger partial charge on any atom is 0.317 e. The van der Waals surface area contributed by atoms with Crippen molar-refractivity contribution in [2.24, 2.45) is 0 Å². The van der Waals surface area contributed by atoms with Gasteiger partial charge in [0, 0.05) is 24.5 Å². The topological polar surface area (TPSA) is 106 Å². The average Bonchev–Trinajstić information content (AvgIpc) is 3.16. The van der Waals surface area contributed by atoms with Crippen LogP contribution in [-0.2, 0) is 5.60 Å². The van der Waals surface area contributed by atoms with E-state index in [-0.39, 0.29) is 24.2 Å². The number of β-amino-alcohol motifs (C(OH)–C–C–N with tert-alkyl or cyclic N) is 1. The second-order valence-electron chi connectivity index (χ2n) is 6.79. The Bertz CT molecular complexity index is 558. The van der Waals surface area contributed by atoms with Crippen LogP contribution in [0.4, 0.5) is 4.79 Å². The van der Waals surface area contributed by atoms with Crippen molar-refractivity contribution in [2.75, 3.05) is 19.6 Å². The molecule has 2 aliphatic heterocycles. The highest BCUT2D eigenvalue weighted by Crippen LogP contribution is 2.39. The van der Waals surface area contributed by atoms with Crippen LogP contribution in [-0.4, -0.2) is 62.7 Å². The van der Waals surface area contributed by atoms with Gasteiger partial charge in [-0.1, -0.05) is 0 Å². The maximum absolute atomic E-state index is 12.5. The Hall–Kier alpha value is -1.67. The number of likely N-dealkylation sites (tertiary alicyclic amines) is 1. The Morgan fingerprint density at radius 1 is 1.45 bits per heavy atom. The summed E-state index contributed by atoms with van der Waals surface area (Å²) in [7, 11) is 0. The number of hydrogen-bond donors (Lipinski definition) is 4. The van der Waals surface area contributed by atoms with E-state index < -0.39 is 5.60 Å². The number of aromatic amines is 1. The number of aliphatic hydroxyl groups is 1. The SMILES string of the molecule is O=C(NC1CCNC12CCC2)N1CCC(O)(c2cn[nH]n2)C1. The molecule has 0 radical (unpaired) electrons. The number of amides is 2. The molecule has 1 aliphatic carbocycles. The predicted octanol–water partition coefficient (Wildman–Crippen LogP) is -0.308. The van der Waals surface area contributed by atoms with Crippen molar-refractivity contribution in [1.82, 2.24) is 30.9 Å². The second kappa shape index (κ2) is 4.92. The van der Waals surface area contributed by atoms with Gasteiger partial charge in [-0.3, -0.25) is 0 Å². The van der Waals surface area contributed by atoms with Gasteiger partial charge in [-0.15, -0.1) is 0 Å². The fourth-order valence-corrected chi connectivity index (χ4v) is 4.00. The first kappa shape index (κ1) is 14.0. The zero-order valence-corrected chi connectivity index (χ0v) is 12.5. The summed E-state index contributed by atoms with van der Waals surface area (Å²) in [5.74, 6) is 0. The largest absolute Gasteiger partial charge is 0.381 e. The van der Waals surface area contributed by atoms with Gasteiger partial charge in [0.05, 0.1) is 12.7 Å². The molecule has 2 amide bonds. The molecule has 1 saturated carbocycles. The number of H-pyrrole nitrogens is 1. The molecule has 3 heterocycles. The van der Waals surface area contributed by atoms with Gasteiger partial charge in [-0.25, -0.2) is 4.79 Å². The first-order valence-electron chi connectivity index (χ1n) is 8.00. The molecular formula is C14H22N6O2. The molecular weight excluding hydrogens is 284 g/mol. The lowest BCUT2D eigenvalue weighted by Gasteiger charge is -2.44. The summed E-state index contributed by atoms with van der Waals surface area (Å²) in [5, 5.41) is 27.6. The number of nitrogens with zero attached hydrogens (tertiary/aromatic N) is 3. The number of carbonyl (C=O) groups is 1. The van der Waals surface area contributed by atoms with E-state index in [2.05, 4.69) is 26.0 Å². The molecule has 3 fully saturated rings. The fourth-order valence-electron chi connectivity index (χ4n) is 4.00. The highest BCUT2D eigenvalue weighted by molar-refractivity contribution is 5.75. The molecule has 0 bridgehead atoms. The van der Waals surface area contributed by atoms with Crippen LogP contribution >= 0.6 is 0 Å². The van der Waals surface area contributed by atoms with E-state index in [4.69, 9.17) is 0 Å². The van der Waals surface area contributed by atoms with E-state index in [1.54, 1.807) is 4.90 Å². The molecule has 2 unspecified atom stereocenters. The fraction of sp³-hybridized carbons (Fsp3) is 0.786. The minimum Gasteiger partial charge on any atom is -0.381 e. The van der Waals surface area contributed by atoms with Crippen LogP contribution in [0.2, 0.25) is 0 Å². The predicted molar refractivity (Wildman–Crippen MR) is 78.0 cm³/mol. The van der Waals surface area contributed by atoms with Gasteiger partial charge in [-0.2, -0.15) is 15.4 Å². The number of hydrogen-bond acceptors (Lipinski definition) is 5. The Balaban J connectivity index is 1.40. The summed E-state index contributed by atoms with van der Waals surface area (Å²) < 4.78 is 0. The minimum atomic E-state index is -1.09. The third kappa shape index (κ3) is 2.09. The third-order valence-electron chi connectivity index (χ3n) is 5.55. The molecule has 120 valence electrons. The summed E-state index contributed by atoms with van der Waals surface area (Å²) in [6.45, 7) is 1.76. The second-order valence-corrected chi connectivity index (χ2v) is 6.79. The van der Waals surface area contributed by atoms with Gasteiger partial charge in [0.2, 0.25) is 0 Å². The zero-order chi connectivity index (χ0) is 15.2. The first-order chi connectivity index (χ1) is 10.6. The number of urea groups is 1. The number of nitrogens with one attached hydrogen (secondary N) is 3. The molecule has 2 saturated heterocycles. The van der Waals surface area contributed by atoms with Gasteiger partial charge < -0.3 is 20.6 Å². The van der Waals surface area contributed by atoms with E-state index in [0.29, 0.717) is 18.7 Å². The van der Waals surface area contributed by atoms with Crippen LogP contribution in [0.5, 0.6) is 0 Å². The molecule has 4 rings (SSSR count). The number of carbonyl (C=O) groups excluding carboxylic acids is 1. The van der Waals surface area contributed by atoms with Gasteiger partial charge in [0.15, 0.2) is 0 Å². The van der Waals surface area contributed by atoms with E-state index in [1.165, 1.54) is 12.6 Å². The van der Waals surface area contributed by atoms with Crippen LogP contribution < -0.4 is 10.6 Å². The number of rotatable bonds is 2. The minimum absolute atomic E-state index is 0.0839. The summed E-state index contributed by atoms with van der Waals surface area (Å²) in [6, 6.07) is 0.119. The van der Waals surface area contributed by atoms with E-state index >= 15 is 0 Å². The van der Waals surface area contributed by atoms with Crippen molar-refractivity contribution in [1.29, 1.82) is 0 Å². The quantitative estimate of drug-likeness (QED) is 0.600. The van der Waals surface area contributed by atoms with Gasteiger partial charge in [0.1, 0.15) is 11.3 Å². The lowest BCUT2D eigenvalue weighted by Crippen LogP contribution is -2.60. The Kier molecular flexibility index (Phi) is 3.12. The smallest absolute Gasteiger partial charge is 0.317 e. The summed E-state index contributed by atoms with van der Waals surface area (Å²) >= 11 is 0. The Morgan fingerprint density at radius 2 is 2.32 bits per heavy atom. The van der Waals surface area contributed by atoms with Crippen LogP contribution in [0, 0.1) is 0 Å². The summed E-state index contributed by atoms with van der Waals surface area (Å²) in [6.07, 6.45) is 6.50. The summed E-state index contributed by atoms with van der Waals surface area (Å²) in [4.78, 5) is 14.2. The summed E-state index contributed by atoms with van der Waals surface area (Å²) in [5.41, 5.74) is -0.467. The monoisotopic (exact) mass is 306 g/mol. The molecule has 1 aromatic heterocycles. The lowest BCUT2D eigenvalue weighted by molar-refractivity contribution is 0.0444. The number of aromatic nitrogens is 3.